The van der Waals surface area contributed by atoms with Crippen LogP contribution in [0.3, 0.4) is 0 Å². The Morgan fingerprint density at radius 2 is 0.737 bits per heavy atom. The lowest BCUT2D eigenvalue weighted by molar-refractivity contribution is 0.568. The van der Waals surface area contributed by atoms with E-state index >= 15 is 0 Å². The third-order valence-corrected chi connectivity index (χ3v) is 16.7. The summed E-state index contributed by atoms with van der Waals surface area (Å²) in [5, 5.41) is 7.47. The van der Waals surface area contributed by atoms with Crippen molar-refractivity contribution < 1.29 is 0 Å². The Bertz CT molecular complexity index is 3910. The van der Waals surface area contributed by atoms with Gasteiger partial charge in [-0.2, -0.15) is 0 Å². The number of nitrogens with zero attached hydrogens (tertiary/aromatic N) is 3. The van der Waals surface area contributed by atoms with Gasteiger partial charge in [0.15, 0.2) is 0 Å². The molecule has 0 N–H and O–H groups in total. The van der Waals surface area contributed by atoms with Crippen molar-refractivity contribution in [2.75, 3.05) is 9.80 Å². The molecular weight excluding hydrogens is 918 g/mol. The molecule has 0 unspecified atom stereocenters. The van der Waals surface area contributed by atoms with Gasteiger partial charge in [0.05, 0.1) is 11.0 Å². The lowest BCUT2D eigenvalue weighted by atomic mass is 9.33. The van der Waals surface area contributed by atoms with Gasteiger partial charge in [0.25, 0.3) is 6.71 Å². The Balaban J connectivity index is 1.22. The largest absolute Gasteiger partial charge is 0.311 e. The van der Waals surface area contributed by atoms with Crippen LogP contribution < -0.4 is 26.2 Å². The normalized spacial score (nSPS) is 13.7. The van der Waals surface area contributed by atoms with Crippen LogP contribution in [0.1, 0.15) is 105 Å². The summed E-state index contributed by atoms with van der Waals surface area (Å²) in [4.78, 5) is 5.35. The fourth-order valence-electron chi connectivity index (χ4n) is 12.4. The molecule has 0 aliphatic carbocycles. The van der Waals surface area contributed by atoms with Crippen molar-refractivity contribution in [1.82, 2.24) is 4.57 Å². The Labute approximate surface area is 450 Å². The molecule has 1 aromatic heterocycles. The number of anilines is 6. The number of para-hydroxylation sites is 2. The van der Waals surface area contributed by atoms with Crippen LogP contribution in [0.25, 0.3) is 60.2 Å². The third-order valence-electron chi connectivity index (χ3n) is 16.7. The van der Waals surface area contributed by atoms with Gasteiger partial charge in [-0.05, 0) is 143 Å². The van der Waals surface area contributed by atoms with Crippen LogP contribution in [0.4, 0.5) is 34.1 Å². The van der Waals surface area contributed by atoms with Crippen LogP contribution in [0.5, 0.6) is 0 Å². The molecule has 0 spiro atoms. The molecule has 0 saturated heterocycles. The molecule has 3 nitrogen and oxygen atoms in total. The van der Waals surface area contributed by atoms with E-state index in [0.29, 0.717) is 0 Å². The first-order chi connectivity index (χ1) is 36.2. The quantitative estimate of drug-likeness (QED) is 0.163. The molecule has 76 heavy (non-hydrogen) atoms. The average molecular weight is 986 g/mol. The fraction of sp³-hybridized carbons (Fsp3) is 0.222. The summed E-state index contributed by atoms with van der Waals surface area (Å²) < 4.78 is 2.45. The van der Waals surface area contributed by atoms with Gasteiger partial charge < -0.3 is 14.4 Å². The van der Waals surface area contributed by atoms with E-state index in [9.17, 15) is 0 Å². The molecule has 2 aliphatic heterocycles. The molecule has 13 rings (SSSR count). The molecule has 10 aromatic carbocycles. The lowest BCUT2D eigenvalue weighted by Crippen LogP contribution is -2.61. The maximum Gasteiger partial charge on any atom is 0.252 e. The predicted molar refractivity (Wildman–Crippen MR) is 330 cm³/mol. The second-order valence-electron chi connectivity index (χ2n) is 25.9. The van der Waals surface area contributed by atoms with Gasteiger partial charge >= 0.3 is 0 Å². The summed E-state index contributed by atoms with van der Waals surface area (Å²) in [5.74, 6) is 0. The summed E-state index contributed by atoms with van der Waals surface area (Å²) in [6.45, 7) is 28.3. The van der Waals surface area contributed by atoms with Gasteiger partial charge in [0.1, 0.15) is 0 Å². The molecular formula is C72H68BN3. The molecule has 374 valence electrons. The Hall–Kier alpha value is -7.82. The summed E-state index contributed by atoms with van der Waals surface area (Å²) in [6, 6.07) is 74.7. The van der Waals surface area contributed by atoms with Crippen molar-refractivity contribution in [2.24, 2.45) is 0 Å². The number of hydrogen-bond donors (Lipinski definition) is 0. The van der Waals surface area contributed by atoms with Gasteiger partial charge in [-0.3, -0.25) is 0 Å². The van der Waals surface area contributed by atoms with Crippen LogP contribution in [-0.4, -0.2) is 11.3 Å². The molecule has 0 radical (unpaired) electrons. The van der Waals surface area contributed by atoms with E-state index in [4.69, 9.17) is 0 Å². The van der Waals surface area contributed by atoms with Crippen LogP contribution in [0, 0.1) is 0 Å². The zero-order valence-electron chi connectivity index (χ0n) is 46.4. The molecule has 0 amide bonds. The molecule has 0 atom stereocenters. The minimum Gasteiger partial charge on any atom is -0.311 e. The zero-order valence-corrected chi connectivity index (χ0v) is 46.4. The van der Waals surface area contributed by atoms with E-state index in [0.717, 1.165) is 5.69 Å². The number of hydrogen-bond acceptors (Lipinski definition) is 2. The topological polar surface area (TPSA) is 11.4 Å². The highest BCUT2D eigenvalue weighted by Crippen LogP contribution is 2.51. The number of fused-ring (bicyclic) bond motifs is 11. The maximum absolute atomic E-state index is 2.68. The molecule has 3 heterocycles. The lowest BCUT2D eigenvalue weighted by Gasteiger charge is -2.46. The first kappa shape index (κ1) is 47.9. The van der Waals surface area contributed by atoms with E-state index < -0.39 is 0 Å². The van der Waals surface area contributed by atoms with Gasteiger partial charge in [-0.15, -0.1) is 0 Å². The molecule has 0 bridgehead atoms. The average Bonchev–Trinajstić information content (AvgIpc) is 3.82. The van der Waals surface area contributed by atoms with Gasteiger partial charge in [0.2, 0.25) is 0 Å². The second-order valence-corrected chi connectivity index (χ2v) is 25.9. The van der Waals surface area contributed by atoms with Crippen LogP contribution in [0.15, 0.2) is 194 Å². The van der Waals surface area contributed by atoms with Crippen LogP contribution in [0.2, 0.25) is 0 Å². The van der Waals surface area contributed by atoms with Crippen molar-refractivity contribution in [1.29, 1.82) is 0 Å². The maximum atomic E-state index is 2.68. The fourth-order valence-corrected chi connectivity index (χ4v) is 12.4. The highest BCUT2D eigenvalue weighted by Gasteiger charge is 2.45. The first-order valence-electron chi connectivity index (χ1n) is 27.4. The summed E-state index contributed by atoms with van der Waals surface area (Å²) in [7, 11) is 0. The molecule has 0 fully saturated rings. The Kier molecular flexibility index (Phi) is 10.6. The van der Waals surface area contributed by atoms with Crippen molar-refractivity contribution in [3.8, 4) is 16.8 Å². The molecule has 4 heteroatoms. The monoisotopic (exact) mass is 986 g/mol. The minimum absolute atomic E-state index is 0.0605. The number of benzene rings is 10. The van der Waals surface area contributed by atoms with E-state index in [1.807, 2.05) is 0 Å². The van der Waals surface area contributed by atoms with E-state index in [1.54, 1.807) is 0 Å². The Morgan fingerprint density at radius 1 is 0.316 bits per heavy atom. The third kappa shape index (κ3) is 7.61. The summed E-state index contributed by atoms with van der Waals surface area (Å²) in [5.41, 5.74) is 22.1. The minimum atomic E-state index is -0.0938. The van der Waals surface area contributed by atoms with Gasteiger partial charge in [0, 0.05) is 61.4 Å². The summed E-state index contributed by atoms with van der Waals surface area (Å²) >= 11 is 0. The predicted octanol–water partition coefficient (Wildman–Crippen LogP) is 18.0. The second kappa shape index (κ2) is 16.8. The first-order valence-corrected chi connectivity index (χ1v) is 27.4. The standard InChI is InChI=1S/C72H68BN3/c1-69(2,3)49-39-50(70(4,5)6)42-54(41-49)75-64-37-48(47-30-33-59-58-28-20-21-29-62(58)74(63(59)36-47)53-24-14-13-15-25-53)38-65-66(64)73(60-34-31-45-22-16-18-26-56(45)67(60)75)61-35-32-46-23-17-19-27-57(46)68(61)76(65)55-43-51(71(7,8)9)40-52(44-55)72(10,11)12/h13-44H,1-12H3. The molecule has 0 saturated carbocycles. The molecule has 2 aliphatic rings. The van der Waals surface area contributed by atoms with Crippen LogP contribution in [-0.2, 0) is 21.7 Å². The van der Waals surface area contributed by atoms with Crippen molar-refractivity contribution in [3.63, 3.8) is 0 Å². The zero-order chi connectivity index (χ0) is 52.8. The highest BCUT2D eigenvalue weighted by atomic mass is 15.2. The van der Waals surface area contributed by atoms with Gasteiger partial charge in [-0.1, -0.05) is 217 Å². The van der Waals surface area contributed by atoms with E-state index in [2.05, 4.69) is 292 Å². The number of aromatic nitrogens is 1. The van der Waals surface area contributed by atoms with Gasteiger partial charge in [-0.25, -0.2) is 0 Å². The Morgan fingerprint density at radius 3 is 1.21 bits per heavy atom. The van der Waals surface area contributed by atoms with Crippen LogP contribution >= 0.6 is 0 Å². The van der Waals surface area contributed by atoms with E-state index in [1.165, 1.54) is 127 Å². The smallest absolute Gasteiger partial charge is 0.252 e. The highest BCUT2D eigenvalue weighted by molar-refractivity contribution is 7.00. The van der Waals surface area contributed by atoms with Crippen molar-refractivity contribution in [3.05, 3.63) is 216 Å². The van der Waals surface area contributed by atoms with E-state index in [-0.39, 0.29) is 28.4 Å². The SMILES string of the molecule is CC(C)(C)c1cc(N2c3cc(-c4ccc5c6ccccc6n(-c6ccccc6)c5c4)cc4c3B(c3ccc5ccccc5c32)c2ccc3ccccc3c2N4c2cc(C(C)(C)C)cc(C(C)(C)C)c2)cc(C(C)(C)C)c1. The molecule has 11 aromatic rings. The summed E-state index contributed by atoms with van der Waals surface area (Å²) in [6.07, 6.45) is 0. The van der Waals surface area contributed by atoms with Crippen molar-refractivity contribution >= 4 is 101 Å². The van der Waals surface area contributed by atoms with Crippen molar-refractivity contribution in [2.45, 2.75) is 105 Å². The number of rotatable bonds is 4.